The summed E-state index contributed by atoms with van der Waals surface area (Å²) in [6.45, 7) is 9.88. The van der Waals surface area contributed by atoms with Gasteiger partial charge in [0.15, 0.2) is 0 Å². The number of hydrogen-bond donors (Lipinski definition) is 2. The van der Waals surface area contributed by atoms with E-state index in [9.17, 15) is 0 Å². The fourth-order valence-electron chi connectivity index (χ4n) is 2.39. The molecule has 0 fully saturated rings. The van der Waals surface area contributed by atoms with Gasteiger partial charge in [0, 0.05) is 18.7 Å². The van der Waals surface area contributed by atoms with E-state index in [4.69, 9.17) is 10.8 Å². The van der Waals surface area contributed by atoms with E-state index in [2.05, 4.69) is 25.7 Å². The van der Waals surface area contributed by atoms with E-state index in [1.165, 1.54) is 6.42 Å². The van der Waals surface area contributed by atoms with Crippen LogP contribution in [0.1, 0.15) is 52.9 Å². The van der Waals surface area contributed by atoms with E-state index in [-0.39, 0.29) is 5.54 Å². The van der Waals surface area contributed by atoms with Gasteiger partial charge >= 0.3 is 0 Å². The summed E-state index contributed by atoms with van der Waals surface area (Å²) in [6, 6.07) is 0. The molecule has 0 aliphatic heterocycles. The maximum atomic E-state index is 8.84. The fourth-order valence-corrected chi connectivity index (χ4v) is 2.39. The Hall–Kier alpha value is -0.120. The molecule has 0 aromatic rings. The summed E-state index contributed by atoms with van der Waals surface area (Å²) in [4.78, 5) is 2.53. The minimum Gasteiger partial charge on any atom is -0.396 e. The highest BCUT2D eigenvalue weighted by Crippen LogP contribution is 2.23. The third-order valence-electron chi connectivity index (χ3n) is 3.70. The minimum absolute atomic E-state index is 0.172. The van der Waals surface area contributed by atoms with Crippen molar-refractivity contribution in [2.24, 2.45) is 5.73 Å². The Morgan fingerprint density at radius 1 is 1.06 bits per heavy atom. The van der Waals surface area contributed by atoms with Crippen LogP contribution in [0.2, 0.25) is 0 Å². The van der Waals surface area contributed by atoms with Gasteiger partial charge in [-0.25, -0.2) is 0 Å². The molecule has 0 radical (unpaired) electrons. The van der Waals surface area contributed by atoms with Crippen molar-refractivity contribution >= 4 is 0 Å². The first-order valence-corrected chi connectivity index (χ1v) is 6.76. The standard InChI is InChI=1S/C13H30N2O/c1-4-9-15(10-7-8-11-16)13(5-2,6-3)12-14/h16H,4-12,14H2,1-3H3. The molecule has 0 aliphatic rings. The lowest BCUT2D eigenvalue weighted by molar-refractivity contribution is 0.0808. The van der Waals surface area contributed by atoms with Crippen LogP contribution in [0.3, 0.4) is 0 Å². The predicted molar refractivity (Wildman–Crippen MR) is 70.6 cm³/mol. The second kappa shape index (κ2) is 8.97. The van der Waals surface area contributed by atoms with Crippen molar-refractivity contribution in [3.05, 3.63) is 0 Å². The molecule has 0 amide bonds. The Balaban J connectivity index is 4.44. The molecule has 0 saturated carbocycles. The molecule has 0 atom stereocenters. The van der Waals surface area contributed by atoms with Crippen molar-refractivity contribution < 1.29 is 5.11 Å². The normalized spacial score (nSPS) is 12.4. The largest absolute Gasteiger partial charge is 0.396 e. The van der Waals surface area contributed by atoms with Gasteiger partial charge in [0.25, 0.3) is 0 Å². The molecule has 0 saturated heterocycles. The molecule has 0 aliphatic carbocycles. The molecule has 0 unspecified atom stereocenters. The number of rotatable bonds is 10. The zero-order valence-corrected chi connectivity index (χ0v) is 11.3. The quantitative estimate of drug-likeness (QED) is 0.564. The first kappa shape index (κ1) is 15.9. The maximum Gasteiger partial charge on any atom is 0.0431 e. The van der Waals surface area contributed by atoms with Crippen LogP contribution in [0.15, 0.2) is 0 Å². The lowest BCUT2D eigenvalue weighted by Gasteiger charge is -2.42. The van der Waals surface area contributed by atoms with Crippen molar-refractivity contribution in [3.8, 4) is 0 Å². The van der Waals surface area contributed by atoms with Crippen LogP contribution >= 0.6 is 0 Å². The molecule has 0 rings (SSSR count). The fraction of sp³-hybridized carbons (Fsp3) is 1.00. The third-order valence-corrected chi connectivity index (χ3v) is 3.70. The van der Waals surface area contributed by atoms with Crippen molar-refractivity contribution in [2.75, 3.05) is 26.2 Å². The number of hydrogen-bond acceptors (Lipinski definition) is 3. The topological polar surface area (TPSA) is 49.5 Å². The van der Waals surface area contributed by atoms with E-state index < -0.39 is 0 Å². The van der Waals surface area contributed by atoms with Crippen LogP contribution in [0.25, 0.3) is 0 Å². The molecule has 0 aromatic heterocycles. The van der Waals surface area contributed by atoms with Crippen LogP contribution in [-0.2, 0) is 0 Å². The minimum atomic E-state index is 0.172. The predicted octanol–water partition coefficient (Wildman–Crippen LogP) is 1.99. The second-order valence-corrected chi connectivity index (χ2v) is 4.55. The molecule has 98 valence electrons. The zero-order chi connectivity index (χ0) is 12.4. The monoisotopic (exact) mass is 230 g/mol. The van der Waals surface area contributed by atoms with Crippen LogP contribution in [0.4, 0.5) is 0 Å². The smallest absolute Gasteiger partial charge is 0.0431 e. The maximum absolute atomic E-state index is 8.84. The number of nitrogens with two attached hydrogens (primary N) is 1. The van der Waals surface area contributed by atoms with Crippen molar-refractivity contribution in [1.82, 2.24) is 4.90 Å². The summed E-state index contributed by atoms with van der Waals surface area (Å²) in [6.07, 6.45) is 5.35. The molecule has 0 bridgehead atoms. The van der Waals surface area contributed by atoms with E-state index in [0.29, 0.717) is 6.61 Å². The molecular formula is C13H30N2O. The molecule has 3 heteroatoms. The van der Waals surface area contributed by atoms with Gasteiger partial charge in [0.1, 0.15) is 0 Å². The Bertz CT molecular complexity index is 150. The first-order chi connectivity index (χ1) is 7.70. The van der Waals surface area contributed by atoms with E-state index >= 15 is 0 Å². The highest BCUT2D eigenvalue weighted by molar-refractivity contribution is 4.89. The summed E-state index contributed by atoms with van der Waals surface area (Å²) < 4.78 is 0. The highest BCUT2D eigenvalue weighted by Gasteiger charge is 2.30. The first-order valence-electron chi connectivity index (χ1n) is 6.76. The van der Waals surface area contributed by atoms with Crippen LogP contribution in [0.5, 0.6) is 0 Å². The van der Waals surface area contributed by atoms with E-state index in [1.54, 1.807) is 0 Å². The van der Waals surface area contributed by atoms with Crippen molar-refractivity contribution in [3.63, 3.8) is 0 Å². The van der Waals surface area contributed by atoms with Crippen LogP contribution in [0, 0.1) is 0 Å². The SMILES string of the molecule is CCCN(CCCCO)C(CC)(CC)CN. The van der Waals surface area contributed by atoms with Gasteiger partial charge < -0.3 is 10.8 Å². The van der Waals surface area contributed by atoms with Crippen LogP contribution in [-0.4, -0.2) is 41.8 Å². The Labute approximate surface area is 101 Å². The van der Waals surface area contributed by atoms with Gasteiger partial charge in [-0.2, -0.15) is 0 Å². The molecule has 0 spiro atoms. The molecule has 0 heterocycles. The summed E-state index contributed by atoms with van der Waals surface area (Å²) in [5.41, 5.74) is 6.15. The van der Waals surface area contributed by atoms with Crippen LogP contribution < -0.4 is 5.73 Å². The molecule has 0 aromatic carbocycles. The number of aliphatic hydroxyl groups is 1. The highest BCUT2D eigenvalue weighted by atomic mass is 16.2. The molecule has 16 heavy (non-hydrogen) atoms. The summed E-state index contributed by atoms with van der Waals surface area (Å²) in [7, 11) is 0. The molecule has 3 nitrogen and oxygen atoms in total. The number of aliphatic hydroxyl groups excluding tert-OH is 1. The van der Waals surface area contributed by atoms with Gasteiger partial charge in [-0.15, -0.1) is 0 Å². The average molecular weight is 230 g/mol. The third kappa shape index (κ3) is 4.40. The summed E-state index contributed by atoms with van der Waals surface area (Å²) in [5, 5.41) is 8.84. The Morgan fingerprint density at radius 2 is 1.69 bits per heavy atom. The molecule has 3 N–H and O–H groups in total. The number of unbranched alkanes of at least 4 members (excludes halogenated alkanes) is 1. The lowest BCUT2D eigenvalue weighted by atomic mass is 9.90. The Kier molecular flexibility index (Phi) is 8.90. The van der Waals surface area contributed by atoms with Crippen molar-refractivity contribution in [1.29, 1.82) is 0 Å². The van der Waals surface area contributed by atoms with Gasteiger partial charge in [-0.05, 0) is 45.2 Å². The lowest BCUT2D eigenvalue weighted by Crippen LogP contribution is -2.53. The zero-order valence-electron chi connectivity index (χ0n) is 11.3. The van der Waals surface area contributed by atoms with Gasteiger partial charge in [0.05, 0.1) is 0 Å². The average Bonchev–Trinajstić information content (AvgIpc) is 2.32. The van der Waals surface area contributed by atoms with Crippen molar-refractivity contribution in [2.45, 2.75) is 58.4 Å². The number of nitrogens with zero attached hydrogens (tertiary/aromatic N) is 1. The summed E-state index contributed by atoms with van der Waals surface area (Å²) >= 11 is 0. The van der Waals surface area contributed by atoms with E-state index in [0.717, 1.165) is 45.3 Å². The summed E-state index contributed by atoms with van der Waals surface area (Å²) in [5.74, 6) is 0. The Morgan fingerprint density at radius 3 is 2.06 bits per heavy atom. The van der Waals surface area contributed by atoms with Gasteiger partial charge in [0.2, 0.25) is 0 Å². The van der Waals surface area contributed by atoms with Gasteiger partial charge in [-0.1, -0.05) is 20.8 Å². The molecular weight excluding hydrogens is 200 g/mol. The van der Waals surface area contributed by atoms with Gasteiger partial charge in [-0.3, -0.25) is 4.90 Å². The second-order valence-electron chi connectivity index (χ2n) is 4.55. The van der Waals surface area contributed by atoms with E-state index in [1.807, 2.05) is 0 Å².